The highest BCUT2D eigenvalue weighted by Gasteiger charge is 2.34. The molecule has 0 amide bonds. The lowest BCUT2D eigenvalue weighted by atomic mass is 9.91. The molecular formula is C15H10N4O3S. The van der Waals surface area contributed by atoms with Crippen LogP contribution in [0.25, 0.3) is 0 Å². The molecule has 8 heteroatoms. The summed E-state index contributed by atoms with van der Waals surface area (Å²) in [5.74, 6) is 4.15. The van der Waals surface area contributed by atoms with Crippen molar-refractivity contribution in [1.82, 2.24) is 20.2 Å². The van der Waals surface area contributed by atoms with Gasteiger partial charge in [-0.15, -0.1) is 17.7 Å². The monoisotopic (exact) mass is 326 g/mol. The molecular weight excluding hydrogens is 316 g/mol. The van der Waals surface area contributed by atoms with Gasteiger partial charge in [-0.25, -0.2) is 14.3 Å². The fourth-order valence-electron chi connectivity index (χ4n) is 2.25. The van der Waals surface area contributed by atoms with Gasteiger partial charge in [0.15, 0.2) is 6.10 Å². The highest BCUT2D eigenvalue weighted by Crippen LogP contribution is 2.32. The van der Waals surface area contributed by atoms with Crippen LogP contribution in [0.4, 0.5) is 0 Å². The van der Waals surface area contributed by atoms with E-state index in [9.17, 15) is 9.59 Å². The van der Waals surface area contributed by atoms with E-state index in [0.29, 0.717) is 5.75 Å². The number of carbonyl (C=O) groups excluding carboxylic acids is 2. The molecule has 23 heavy (non-hydrogen) atoms. The van der Waals surface area contributed by atoms with Gasteiger partial charge in [0.05, 0.1) is 11.1 Å². The summed E-state index contributed by atoms with van der Waals surface area (Å²) < 4.78 is 7.11. The second-order valence-electron chi connectivity index (χ2n) is 4.65. The highest BCUT2D eigenvalue weighted by atomic mass is 32.1. The van der Waals surface area contributed by atoms with Crippen molar-refractivity contribution in [3.63, 3.8) is 0 Å². The zero-order chi connectivity index (χ0) is 16.2. The van der Waals surface area contributed by atoms with Gasteiger partial charge in [0.25, 0.3) is 0 Å². The summed E-state index contributed by atoms with van der Waals surface area (Å²) in [5.41, 5.74) is 0.356. The molecule has 0 saturated carbocycles. The first-order chi connectivity index (χ1) is 11.2. The van der Waals surface area contributed by atoms with E-state index in [-0.39, 0.29) is 16.3 Å². The number of rotatable bonds is 3. The maximum Gasteiger partial charge on any atom is 0.207 e. The zero-order valence-corrected chi connectivity index (χ0v) is 12.6. The van der Waals surface area contributed by atoms with E-state index in [2.05, 4.69) is 28.2 Å². The molecule has 2 atom stereocenters. The van der Waals surface area contributed by atoms with Crippen LogP contribution in [0.3, 0.4) is 0 Å². The molecule has 0 aliphatic heterocycles. The number of thiol groups is 1. The van der Waals surface area contributed by atoms with Crippen molar-refractivity contribution in [3.05, 3.63) is 53.6 Å². The maximum atomic E-state index is 11.5. The minimum Gasteiger partial charge on any atom is -0.480 e. The molecule has 0 radical (unpaired) electrons. The van der Waals surface area contributed by atoms with Crippen molar-refractivity contribution < 1.29 is 14.3 Å². The first-order valence-electron chi connectivity index (χ1n) is 6.61. The minimum atomic E-state index is -0.917. The molecule has 1 aromatic heterocycles. The normalized spacial score (nSPS) is 20.0. The molecule has 2 aromatic rings. The standard InChI is InChI=1S/C15H10N4O3S/c20-8-10-6-7-13(19-15(23)16-17-18-19)12(9-21)14(10)22-11-4-2-1-3-5-11/h1-7,13-14H,(H,16,18,23). The van der Waals surface area contributed by atoms with Crippen LogP contribution in [0.5, 0.6) is 5.75 Å². The predicted octanol–water partition coefficient (Wildman–Crippen LogP) is 1.04. The SMILES string of the molecule is O=C=C1C=CC(n2nnnc2S)C(=C=O)C1Oc1ccccc1. The Hall–Kier alpha value is -2.92. The van der Waals surface area contributed by atoms with E-state index >= 15 is 0 Å². The van der Waals surface area contributed by atoms with Crippen molar-refractivity contribution in [1.29, 1.82) is 0 Å². The van der Waals surface area contributed by atoms with E-state index in [0.717, 1.165) is 0 Å². The Morgan fingerprint density at radius 2 is 1.96 bits per heavy atom. The summed E-state index contributed by atoms with van der Waals surface area (Å²) in [6, 6.07) is 8.21. The number of tetrazole rings is 1. The molecule has 1 aliphatic carbocycles. The third kappa shape index (κ3) is 2.86. The molecule has 1 aromatic carbocycles. The third-order valence-electron chi connectivity index (χ3n) is 3.31. The van der Waals surface area contributed by atoms with Gasteiger partial charge in [0.1, 0.15) is 23.7 Å². The van der Waals surface area contributed by atoms with Crippen molar-refractivity contribution in [2.75, 3.05) is 0 Å². The summed E-state index contributed by atoms with van der Waals surface area (Å²) in [4.78, 5) is 22.7. The summed E-state index contributed by atoms with van der Waals surface area (Å²) >= 11 is 4.14. The lowest BCUT2D eigenvalue weighted by Gasteiger charge is -2.27. The van der Waals surface area contributed by atoms with Gasteiger partial charge in [-0.2, -0.15) is 0 Å². The third-order valence-corrected chi connectivity index (χ3v) is 3.61. The summed E-state index contributed by atoms with van der Waals surface area (Å²) in [7, 11) is 0. The molecule has 0 spiro atoms. The average molecular weight is 326 g/mol. The van der Waals surface area contributed by atoms with Crippen LogP contribution in [0.15, 0.2) is 58.8 Å². The zero-order valence-electron chi connectivity index (χ0n) is 11.7. The fourth-order valence-corrected chi connectivity index (χ4v) is 2.46. The van der Waals surface area contributed by atoms with Gasteiger partial charge in [-0.3, -0.25) is 0 Å². The number of hydrogen-bond donors (Lipinski definition) is 1. The Morgan fingerprint density at radius 3 is 2.57 bits per heavy atom. The summed E-state index contributed by atoms with van der Waals surface area (Å²) in [6.07, 6.45) is 2.21. The minimum absolute atomic E-state index is 0.164. The topological polar surface area (TPSA) is 87.0 Å². The quantitative estimate of drug-likeness (QED) is 0.670. The molecule has 0 fully saturated rings. The van der Waals surface area contributed by atoms with Crippen molar-refractivity contribution in [3.8, 4) is 5.75 Å². The number of aromatic nitrogens is 4. The van der Waals surface area contributed by atoms with Crippen molar-refractivity contribution in [2.24, 2.45) is 0 Å². The number of para-hydroxylation sites is 1. The Labute approximate surface area is 136 Å². The van der Waals surface area contributed by atoms with E-state index in [1.165, 1.54) is 10.8 Å². The molecule has 0 N–H and O–H groups in total. The number of hydrogen-bond acceptors (Lipinski definition) is 7. The number of benzene rings is 1. The van der Waals surface area contributed by atoms with E-state index < -0.39 is 12.1 Å². The van der Waals surface area contributed by atoms with Crippen molar-refractivity contribution in [2.45, 2.75) is 17.3 Å². The first-order valence-corrected chi connectivity index (χ1v) is 7.06. The molecule has 2 unspecified atom stereocenters. The average Bonchev–Trinajstić information content (AvgIpc) is 3.01. The van der Waals surface area contributed by atoms with Crippen LogP contribution in [0.2, 0.25) is 0 Å². The summed E-state index contributed by atoms with van der Waals surface area (Å²) in [5, 5.41) is 11.2. The maximum absolute atomic E-state index is 11.5. The largest absolute Gasteiger partial charge is 0.480 e. The Kier molecular flexibility index (Phi) is 4.21. The second-order valence-corrected chi connectivity index (χ2v) is 5.05. The lowest BCUT2D eigenvalue weighted by Crippen LogP contribution is -2.31. The number of nitrogens with zero attached hydrogens (tertiary/aromatic N) is 4. The Bertz CT molecular complexity index is 849. The molecule has 3 rings (SSSR count). The first kappa shape index (κ1) is 15.0. The van der Waals surface area contributed by atoms with Crippen LogP contribution < -0.4 is 4.74 Å². The van der Waals surface area contributed by atoms with Crippen molar-refractivity contribution >= 4 is 24.5 Å². The van der Waals surface area contributed by atoms with Crippen LogP contribution in [0, 0.1) is 0 Å². The molecule has 114 valence electrons. The van der Waals surface area contributed by atoms with Gasteiger partial charge in [0, 0.05) is 0 Å². The smallest absolute Gasteiger partial charge is 0.207 e. The van der Waals surface area contributed by atoms with Gasteiger partial charge in [0.2, 0.25) is 5.16 Å². The van der Waals surface area contributed by atoms with E-state index in [4.69, 9.17) is 4.74 Å². The predicted molar refractivity (Wildman–Crippen MR) is 82.5 cm³/mol. The van der Waals surface area contributed by atoms with Gasteiger partial charge >= 0.3 is 0 Å². The Morgan fingerprint density at radius 1 is 1.17 bits per heavy atom. The van der Waals surface area contributed by atoms with E-state index in [1.54, 1.807) is 36.3 Å². The number of ether oxygens (including phenoxy) is 1. The van der Waals surface area contributed by atoms with Gasteiger partial charge in [-0.1, -0.05) is 24.3 Å². The molecule has 7 nitrogen and oxygen atoms in total. The van der Waals surface area contributed by atoms with Crippen LogP contribution in [-0.4, -0.2) is 38.2 Å². The second kappa shape index (κ2) is 6.46. The van der Waals surface area contributed by atoms with E-state index in [1.807, 2.05) is 12.0 Å². The lowest BCUT2D eigenvalue weighted by molar-refractivity contribution is 0.259. The molecule has 1 aliphatic rings. The molecule has 0 saturated heterocycles. The summed E-state index contributed by atoms with van der Waals surface area (Å²) in [6.45, 7) is 0. The van der Waals surface area contributed by atoms with Crippen LogP contribution >= 0.6 is 12.6 Å². The van der Waals surface area contributed by atoms with Crippen LogP contribution in [0.1, 0.15) is 6.04 Å². The van der Waals surface area contributed by atoms with Gasteiger partial charge in [-0.05, 0) is 28.6 Å². The molecule has 1 heterocycles. The molecule has 0 bridgehead atoms. The van der Waals surface area contributed by atoms with Gasteiger partial charge < -0.3 is 4.74 Å². The number of allylic oxidation sites excluding steroid dienone is 1. The Balaban J connectivity index is 2.03. The fraction of sp³-hybridized carbons (Fsp3) is 0.133. The highest BCUT2D eigenvalue weighted by molar-refractivity contribution is 7.80. The van der Waals surface area contributed by atoms with Crippen LogP contribution in [-0.2, 0) is 9.59 Å².